The molecule has 0 aromatic rings. The molecule has 0 aromatic carbocycles. The molecule has 0 rings (SSSR count). The molecule has 0 aliphatic heterocycles. The van der Waals surface area contributed by atoms with E-state index in [0.29, 0.717) is 0 Å². The quantitative estimate of drug-likeness (QED) is 0.178. The van der Waals surface area contributed by atoms with Crippen LogP contribution in [0.4, 0.5) is 0 Å². The first-order valence-electron chi connectivity index (χ1n) is 6.91. The fraction of sp³-hybridized carbons (Fsp3) is 0.923. The van der Waals surface area contributed by atoms with E-state index < -0.39 is 74.9 Å². The highest BCUT2D eigenvalue weighted by Gasteiger charge is 2.27. The molecule has 148 valence electrons. The Morgan fingerprint density at radius 2 is 0.833 bits per heavy atom. The smallest absolute Gasteiger partial charge is 0.316 e. The molecule has 0 aliphatic rings. The number of hydrogen-bond acceptors (Lipinski definition) is 10. The highest BCUT2D eigenvalue weighted by molar-refractivity contribution is 7.81. The van der Waals surface area contributed by atoms with E-state index in [1.54, 1.807) is 0 Å². The van der Waals surface area contributed by atoms with Crippen molar-refractivity contribution in [2.24, 2.45) is 10.8 Å². The predicted molar refractivity (Wildman–Crippen MR) is 87.6 cm³/mol. The van der Waals surface area contributed by atoms with Crippen molar-refractivity contribution in [2.45, 2.75) is 12.2 Å². The van der Waals surface area contributed by atoms with E-state index in [-0.39, 0.29) is 0 Å². The summed E-state index contributed by atoms with van der Waals surface area (Å²) in [6, 6.07) is 0. The molecule has 0 spiro atoms. The number of carboxylic acid groups (broad SMARTS) is 1. The van der Waals surface area contributed by atoms with Gasteiger partial charge in [-0.1, -0.05) is 0 Å². The Bertz CT molecular complexity index is 237. The molecular weight excluding hydrogens is 348 g/mol. The second-order valence-electron chi connectivity index (χ2n) is 5.28. The number of hydrogen-bond donors (Lipinski definition) is 10. The SMILES string of the molecule is CC(S)C(=O)O.OCC(CO)(CO)CO.OCC(CO)(CO)CO. The van der Waals surface area contributed by atoms with Crippen LogP contribution >= 0.6 is 12.6 Å². The average Bonchev–Trinajstić information content (AvgIpc) is 2.61. The topological polar surface area (TPSA) is 199 Å². The molecule has 0 aromatic heterocycles. The largest absolute Gasteiger partial charge is 0.480 e. The predicted octanol–water partition coefficient (Wildman–Crippen LogP) is -3.73. The zero-order valence-corrected chi connectivity index (χ0v) is 14.5. The van der Waals surface area contributed by atoms with Gasteiger partial charge in [-0.3, -0.25) is 4.79 Å². The van der Waals surface area contributed by atoms with Gasteiger partial charge in [0.15, 0.2) is 0 Å². The number of rotatable bonds is 9. The first kappa shape index (κ1) is 28.3. The second-order valence-corrected chi connectivity index (χ2v) is 6.05. The molecule has 1 unspecified atom stereocenters. The lowest BCUT2D eigenvalue weighted by Gasteiger charge is -2.23. The maximum Gasteiger partial charge on any atom is 0.316 e. The number of aliphatic hydroxyl groups excluding tert-OH is 8. The number of aliphatic hydroxyl groups is 8. The number of thiol groups is 1. The molecule has 0 amide bonds. The maximum absolute atomic E-state index is 9.62. The van der Waals surface area contributed by atoms with Crippen LogP contribution in [0.2, 0.25) is 0 Å². The molecule has 0 heterocycles. The lowest BCUT2D eigenvalue weighted by molar-refractivity contribution is -0.136. The Hall–Kier alpha value is -0.500. The summed E-state index contributed by atoms with van der Waals surface area (Å²) < 4.78 is 0. The number of aliphatic carboxylic acids is 1. The van der Waals surface area contributed by atoms with Crippen molar-refractivity contribution in [1.29, 1.82) is 0 Å². The zero-order valence-electron chi connectivity index (χ0n) is 13.6. The standard InChI is InChI=1S/2C5H12O4.C3H6O2S/c2*6-1-5(2-7,3-8)4-9;1-2(6)3(4)5/h2*6-9H,1-4H2;2,6H,1H3,(H,4,5). The van der Waals surface area contributed by atoms with Gasteiger partial charge in [0, 0.05) is 0 Å². The van der Waals surface area contributed by atoms with Crippen molar-refractivity contribution in [2.75, 3.05) is 52.9 Å². The zero-order chi connectivity index (χ0) is 19.8. The Morgan fingerprint density at radius 3 is 0.833 bits per heavy atom. The van der Waals surface area contributed by atoms with Crippen LogP contribution in [0.3, 0.4) is 0 Å². The summed E-state index contributed by atoms with van der Waals surface area (Å²) in [4.78, 5) is 9.62. The average molecular weight is 378 g/mol. The van der Waals surface area contributed by atoms with Gasteiger partial charge < -0.3 is 46.0 Å². The van der Waals surface area contributed by atoms with E-state index in [0.717, 1.165) is 0 Å². The van der Waals surface area contributed by atoms with Crippen molar-refractivity contribution in [3.05, 3.63) is 0 Å². The molecule has 0 fully saturated rings. The molecule has 0 aliphatic carbocycles. The first-order valence-corrected chi connectivity index (χ1v) is 7.43. The molecule has 0 saturated heterocycles. The highest BCUT2D eigenvalue weighted by atomic mass is 32.1. The van der Waals surface area contributed by atoms with Crippen molar-refractivity contribution >= 4 is 18.6 Å². The monoisotopic (exact) mass is 378 g/mol. The van der Waals surface area contributed by atoms with Crippen molar-refractivity contribution in [3.8, 4) is 0 Å². The summed E-state index contributed by atoms with van der Waals surface area (Å²) >= 11 is 3.59. The molecule has 11 heteroatoms. The van der Waals surface area contributed by atoms with Gasteiger partial charge in [0.25, 0.3) is 0 Å². The maximum atomic E-state index is 9.62. The van der Waals surface area contributed by atoms with E-state index >= 15 is 0 Å². The third-order valence-electron chi connectivity index (χ3n) is 3.04. The first-order chi connectivity index (χ1) is 11.1. The van der Waals surface area contributed by atoms with Crippen LogP contribution in [0.15, 0.2) is 0 Å². The van der Waals surface area contributed by atoms with E-state index in [1.165, 1.54) is 6.92 Å². The summed E-state index contributed by atoms with van der Waals surface area (Å²) in [5.74, 6) is -0.877. The fourth-order valence-corrected chi connectivity index (χ4v) is 0.600. The molecule has 10 nitrogen and oxygen atoms in total. The third kappa shape index (κ3) is 11.9. The number of carbonyl (C=O) groups is 1. The normalized spacial score (nSPS) is 12.4. The summed E-state index contributed by atoms with van der Waals surface area (Å²) in [6.45, 7) is -1.74. The van der Waals surface area contributed by atoms with Gasteiger partial charge in [-0.15, -0.1) is 0 Å². The van der Waals surface area contributed by atoms with Gasteiger partial charge in [0.05, 0.1) is 68.9 Å². The van der Waals surface area contributed by atoms with Gasteiger partial charge in [0.1, 0.15) is 0 Å². The van der Waals surface area contributed by atoms with Crippen LogP contribution in [0.1, 0.15) is 6.92 Å². The molecular formula is C13H30O10S. The van der Waals surface area contributed by atoms with Gasteiger partial charge in [-0.05, 0) is 6.92 Å². The fourth-order valence-electron chi connectivity index (χ4n) is 0.600. The summed E-state index contributed by atoms with van der Waals surface area (Å²) in [7, 11) is 0. The van der Waals surface area contributed by atoms with E-state index in [9.17, 15) is 4.79 Å². The minimum absolute atomic E-state index is 0.406. The minimum atomic E-state index is -1.11. The van der Waals surface area contributed by atoms with Crippen molar-refractivity contribution < 1.29 is 50.8 Å². The van der Waals surface area contributed by atoms with E-state index in [2.05, 4.69) is 12.6 Å². The molecule has 0 radical (unpaired) electrons. The summed E-state index contributed by atoms with van der Waals surface area (Å²) in [5.41, 5.74) is -2.22. The molecule has 24 heavy (non-hydrogen) atoms. The van der Waals surface area contributed by atoms with Crippen LogP contribution in [0.25, 0.3) is 0 Å². The van der Waals surface area contributed by atoms with Crippen LogP contribution in [0, 0.1) is 10.8 Å². The van der Waals surface area contributed by atoms with E-state index in [1.807, 2.05) is 0 Å². The Kier molecular flexibility index (Phi) is 18.9. The van der Waals surface area contributed by atoms with Gasteiger partial charge in [-0.2, -0.15) is 12.6 Å². The van der Waals surface area contributed by atoms with Gasteiger partial charge in [-0.25, -0.2) is 0 Å². The molecule has 0 saturated carbocycles. The Balaban J connectivity index is -0.000000282. The third-order valence-corrected chi connectivity index (χ3v) is 3.26. The Labute approximate surface area is 146 Å². The van der Waals surface area contributed by atoms with Gasteiger partial charge in [0.2, 0.25) is 0 Å². The van der Waals surface area contributed by atoms with Crippen LogP contribution < -0.4 is 0 Å². The second kappa shape index (κ2) is 16.0. The van der Waals surface area contributed by atoms with Crippen LogP contribution in [0.5, 0.6) is 0 Å². The van der Waals surface area contributed by atoms with Gasteiger partial charge >= 0.3 is 5.97 Å². The molecule has 0 bridgehead atoms. The lowest BCUT2D eigenvalue weighted by atomic mass is 9.93. The number of carboxylic acids is 1. The highest BCUT2D eigenvalue weighted by Crippen LogP contribution is 2.12. The lowest BCUT2D eigenvalue weighted by Crippen LogP contribution is -2.37. The van der Waals surface area contributed by atoms with Crippen LogP contribution in [-0.2, 0) is 4.79 Å². The van der Waals surface area contributed by atoms with Crippen molar-refractivity contribution in [3.63, 3.8) is 0 Å². The molecule has 9 N–H and O–H groups in total. The van der Waals surface area contributed by atoms with Crippen LogP contribution in [-0.4, -0.2) is 110 Å². The summed E-state index contributed by atoms with van der Waals surface area (Å²) in [6.07, 6.45) is 0. The minimum Gasteiger partial charge on any atom is -0.480 e. The van der Waals surface area contributed by atoms with E-state index in [4.69, 9.17) is 46.0 Å². The summed E-state index contributed by atoms with van der Waals surface area (Å²) in [5, 5.41) is 75.3. The Morgan fingerprint density at radius 1 is 0.708 bits per heavy atom. The molecule has 1 atom stereocenters. The van der Waals surface area contributed by atoms with Crippen molar-refractivity contribution in [1.82, 2.24) is 0 Å².